The molecular weight excluding hydrogens is 328 g/mol. The van der Waals surface area contributed by atoms with Gasteiger partial charge in [-0.3, -0.25) is 9.78 Å². The smallest absolute Gasteiger partial charge is 0.251 e. The number of aromatic nitrogens is 4. The molecule has 1 saturated heterocycles. The molecule has 3 aromatic rings. The molecule has 1 unspecified atom stereocenters. The Balaban J connectivity index is 1.43. The van der Waals surface area contributed by atoms with Crippen molar-refractivity contribution >= 4 is 11.6 Å². The number of anilines is 1. The van der Waals surface area contributed by atoms with E-state index in [2.05, 4.69) is 25.3 Å². The Kier molecular flexibility index (Phi) is 4.59. The van der Waals surface area contributed by atoms with Crippen LogP contribution in [0.5, 0.6) is 0 Å². The first-order valence-corrected chi connectivity index (χ1v) is 8.66. The number of pyridine rings is 1. The fraction of sp³-hybridized carbons (Fsp3) is 0.263. The van der Waals surface area contributed by atoms with Crippen LogP contribution in [0.2, 0.25) is 0 Å². The molecule has 1 amide bonds. The van der Waals surface area contributed by atoms with E-state index in [0.717, 1.165) is 30.8 Å². The maximum Gasteiger partial charge on any atom is 0.251 e. The lowest BCUT2D eigenvalue weighted by Gasteiger charge is -2.19. The largest absolute Gasteiger partial charge is 0.368 e. The number of benzene rings is 1. The van der Waals surface area contributed by atoms with Crippen LogP contribution in [0, 0.1) is 0 Å². The van der Waals surface area contributed by atoms with E-state index < -0.39 is 0 Å². The van der Waals surface area contributed by atoms with Crippen LogP contribution in [-0.4, -0.2) is 44.8 Å². The van der Waals surface area contributed by atoms with Crippen molar-refractivity contribution in [2.24, 2.45) is 0 Å². The van der Waals surface area contributed by atoms with Gasteiger partial charge < -0.3 is 10.2 Å². The number of rotatable bonds is 5. The van der Waals surface area contributed by atoms with Crippen LogP contribution in [0.25, 0.3) is 0 Å². The van der Waals surface area contributed by atoms with Crippen molar-refractivity contribution in [2.75, 3.05) is 18.0 Å². The Morgan fingerprint density at radius 1 is 1.19 bits per heavy atom. The van der Waals surface area contributed by atoms with Crippen molar-refractivity contribution in [3.63, 3.8) is 0 Å². The number of amides is 1. The van der Waals surface area contributed by atoms with Crippen LogP contribution >= 0.6 is 0 Å². The van der Waals surface area contributed by atoms with Gasteiger partial charge in [0.05, 0.1) is 18.4 Å². The van der Waals surface area contributed by atoms with Crippen molar-refractivity contribution < 1.29 is 4.79 Å². The average molecular weight is 348 g/mol. The lowest BCUT2D eigenvalue weighted by atomic mass is 10.1. The molecule has 0 bridgehead atoms. The van der Waals surface area contributed by atoms with Gasteiger partial charge in [0.15, 0.2) is 0 Å². The Morgan fingerprint density at radius 3 is 2.92 bits per heavy atom. The van der Waals surface area contributed by atoms with Gasteiger partial charge in [0.1, 0.15) is 12.7 Å². The quantitative estimate of drug-likeness (QED) is 0.760. The molecule has 132 valence electrons. The molecule has 1 N–H and O–H groups in total. The first kappa shape index (κ1) is 16.3. The first-order valence-electron chi connectivity index (χ1n) is 8.66. The van der Waals surface area contributed by atoms with Crippen LogP contribution in [0.3, 0.4) is 0 Å². The van der Waals surface area contributed by atoms with Gasteiger partial charge in [0, 0.05) is 30.9 Å². The van der Waals surface area contributed by atoms with Crippen LogP contribution in [0.4, 0.5) is 5.69 Å². The highest BCUT2D eigenvalue weighted by atomic mass is 16.1. The molecule has 1 aliphatic rings. The minimum atomic E-state index is -0.0428. The molecule has 1 atom stereocenters. The predicted octanol–water partition coefficient (Wildman–Crippen LogP) is 1.73. The van der Waals surface area contributed by atoms with E-state index in [-0.39, 0.29) is 11.9 Å². The minimum Gasteiger partial charge on any atom is -0.368 e. The molecule has 7 heteroatoms. The zero-order valence-corrected chi connectivity index (χ0v) is 14.3. The third-order valence-electron chi connectivity index (χ3n) is 4.60. The number of carbonyl (C=O) groups is 1. The van der Waals surface area contributed by atoms with Gasteiger partial charge in [-0.15, -0.1) is 0 Å². The van der Waals surface area contributed by atoms with E-state index in [9.17, 15) is 4.79 Å². The third-order valence-corrected chi connectivity index (χ3v) is 4.60. The Hall–Kier alpha value is -3.22. The van der Waals surface area contributed by atoms with Gasteiger partial charge in [0.25, 0.3) is 5.91 Å². The molecule has 26 heavy (non-hydrogen) atoms. The summed E-state index contributed by atoms with van der Waals surface area (Å²) < 4.78 is 1.71. The molecule has 1 fully saturated rings. The van der Waals surface area contributed by atoms with Crippen LogP contribution in [-0.2, 0) is 6.54 Å². The standard InChI is InChI=1S/C19H20N6O/c26-19(18-6-2-1-4-15(18)11-25-14-21-13-22-25)23-16-7-9-24(12-16)17-5-3-8-20-10-17/h1-6,8,10,13-14,16H,7,9,11-12H2,(H,23,26). The monoisotopic (exact) mass is 348 g/mol. The molecule has 0 saturated carbocycles. The predicted molar refractivity (Wildman–Crippen MR) is 97.9 cm³/mol. The molecular formula is C19H20N6O. The summed E-state index contributed by atoms with van der Waals surface area (Å²) in [4.78, 5) is 23.2. The Labute approximate surface area is 151 Å². The molecule has 7 nitrogen and oxygen atoms in total. The average Bonchev–Trinajstić information content (AvgIpc) is 3.35. The zero-order valence-electron chi connectivity index (χ0n) is 14.3. The molecule has 3 heterocycles. The van der Waals surface area contributed by atoms with Gasteiger partial charge in [-0.25, -0.2) is 9.67 Å². The van der Waals surface area contributed by atoms with Gasteiger partial charge in [-0.2, -0.15) is 5.10 Å². The summed E-state index contributed by atoms with van der Waals surface area (Å²) in [6, 6.07) is 11.7. The minimum absolute atomic E-state index is 0.0428. The molecule has 0 radical (unpaired) electrons. The highest BCUT2D eigenvalue weighted by Crippen LogP contribution is 2.19. The summed E-state index contributed by atoms with van der Waals surface area (Å²) in [6.07, 6.45) is 7.69. The summed E-state index contributed by atoms with van der Waals surface area (Å²) in [5, 5.41) is 7.29. The van der Waals surface area contributed by atoms with E-state index >= 15 is 0 Å². The third kappa shape index (κ3) is 3.56. The molecule has 0 aliphatic carbocycles. The van der Waals surface area contributed by atoms with Crippen LogP contribution < -0.4 is 10.2 Å². The molecule has 4 rings (SSSR count). The topological polar surface area (TPSA) is 75.9 Å². The second-order valence-electron chi connectivity index (χ2n) is 6.37. The Bertz CT molecular complexity index is 865. The van der Waals surface area contributed by atoms with Gasteiger partial charge in [-0.1, -0.05) is 18.2 Å². The number of carbonyl (C=O) groups excluding carboxylic acids is 1. The molecule has 2 aromatic heterocycles. The maximum absolute atomic E-state index is 12.8. The summed E-state index contributed by atoms with van der Waals surface area (Å²) in [5.41, 5.74) is 2.70. The highest BCUT2D eigenvalue weighted by molar-refractivity contribution is 5.96. The zero-order chi connectivity index (χ0) is 17.8. The second-order valence-corrected chi connectivity index (χ2v) is 6.37. The molecule has 1 aromatic carbocycles. The van der Waals surface area contributed by atoms with Crippen LogP contribution in [0.15, 0.2) is 61.4 Å². The van der Waals surface area contributed by atoms with E-state index in [1.54, 1.807) is 17.2 Å². The fourth-order valence-electron chi connectivity index (χ4n) is 3.29. The van der Waals surface area contributed by atoms with Crippen molar-refractivity contribution in [1.29, 1.82) is 0 Å². The first-order chi connectivity index (χ1) is 12.8. The maximum atomic E-state index is 12.8. The van der Waals surface area contributed by atoms with E-state index in [4.69, 9.17) is 0 Å². The number of hydrogen-bond acceptors (Lipinski definition) is 5. The van der Waals surface area contributed by atoms with E-state index in [1.807, 2.05) is 42.6 Å². The van der Waals surface area contributed by atoms with Gasteiger partial charge in [-0.05, 0) is 30.2 Å². The number of hydrogen-bond donors (Lipinski definition) is 1. The van der Waals surface area contributed by atoms with E-state index in [0.29, 0.717) is 12.1 Å². The normalized spacial score (nSPS) is 16.6. The SMILES string of the molecule is O=C(NC1CCN(c2cccnc2)C1)c1ccccc1Cn1cncn1. The number of nitrogens with zero attached hydrogens (tertiary/aromatic N) is 5. The van der Waals surface area contributed by atoms with Crippen molar-refractivity contribution in [3.8, 4) is 0 Å². The van der Waals surface area contributed by atoms with Gasteiger partial charge >= 0.3 is 0 Å². The Morgan fingerprint density at radius 2 is 2.12 bits per heavy atom. The lowest BCUT2D eigenvalue weighted by Crippen LogP contribution is -2.37. The molecule has 1 aliphatic heterocycles. The van der Waals surface area contributed by atoms with E-state index in [1.165, 1.54) is 6.33 Å². The second kappa shape index (κ2) is 7.35. The highest BCUT2D eigenvalue weighted by Gasteiger charge is 2.25. The summed E-state index contributed by atoms with van der Waals surface area (Å²) in [7, 11) is 0. The van der Waals surface area contributed by atoms with Crippen molar-refractivity contribution in [3.05, 3.63) is 72.6 Å². The van der Waals surface area contributed by atoms with Crippen molar-refractivity contribution in [1.82, 2.24) is 25.1 Å². The summed E-state index contributed by atoms with van der Waals surface area (Å²) >= 11 is 0. The van der Waals surface area contributed by atoms with Crippen LogP contribution in [0.1, 0.15) is 22.3 Å². The summed E-state index contributed by atoms with van der Waals surface area (Å²) in [5.74, 6) is -0.0428. The number of nitrogens with one attached hydrogen (secondary N) is 1. The van der Waals surface area contributed by atoms with Gasteiger partial charge in [0.2, 0.25) is 0 Å². The lowest BCUT2D eigenvalue weighted by molar-refractivity contribution is 0.0939. The van der Waals surface area contributed by atoms with Crippen molar-refractivity contribution in [2.45, 2.75) is 19.0 Å². The molecule has 0 spiro atoms. The summed E-state index contributed by atoms with van der Waals surface area (Å²) in [6.45, 7) is 2.23. The fourth-order valence-corrected chi connectivity index (χ4v) is 3.29.